The van der Waals surface area contributed by atoms with E-state index in [0.717, 1.165) is 19.2 Å². The highest BCUT2D eigenvalue weighted by atomic mass is 35.5. The van der Waals surface area contributed by atoms with Crippen LogP contribution in [0.3, 0.4) is 0 Å². The third-order valence-corrected chi connectivity index (χ3v) is 7.67. The number of phenolic OH excluding ortho intramolecular Hbond substituents is 1. The number of likely N-dealkylation sites (N-methyl/N-ethyl adjacent to an activating group) is 1. The molecule has 3 heterocycles. The number of benzene rings is 3. The number of carbonyl (C=O) groups is 1. The minimum absolute atomic E-state index is 0.0202. The van der Waals surface area contributed by atoms with E-state index >= 15 is 0 Å². The predicted octanol–water partition coefficient (Wildman–Crippen LogP) is 6.00. The van der Waals surface area contributed by atoms with Gasteiger partial charge in [-0.05, 0) is 71.9 Å². The first kappa shape index (κ1) is 28.7. The normalized spacial score (nSPS) is 14.8. The Balaban J connectivity index is 1.24. The molecule has 3 aromatic carbocycles. The number of alkyl halides is 3. The number of amides is 1. The number of nitrogens with zero attached hydrogens (tertiary/aromatic N) is 5. The minimum atomic E-state index is -4.60. The van der Waals surface area contributed by atoms with Crippen LogP contribution in [0.4, 0.5) is 30.4 Å². The third kappa shape index (κ3) is 6.21. The lowest BCUT2D eigenvalue weighted by Crippen LogP contribution is -2.44. The molecule has 0 spiro atoms. The number of hydrogen-bond donors (Lipinski definition) is 3. The van der Waals surface area contributed by atoms with Crippen molar-refractivity contribution in [3.05, 3.63) is 88.7 Å². The summed E-state index contributed by atoms with van der Waals surface area (Å²) in [7, 11) is 1.98. The number of rotatable bonds is 6. The lowest BCUT2D eigenvalue weighted by molar-refractivity contribution is -0.138. The van der Waals surface area contributed by atoms with Gasteiger partial charge >= 0.3 is 6.18 Å². The van der Waals surface area contributed by atoms with Crippen molar-refractivity contribution < 1.29 is 23.1 Å². The fourth-order valence-electron chi connectivity index (χ4n) is 5.13. The summed E-state index contributed by atoms with van der Waals surface area (Å²) in [5.41, 5.74) is 0.491. The number of fused-ring (bicyclic) bond motifs is 2. The Kier molecular flexibility index (Phi) is 7.59. The third-order valence-electron chi connectivity index (χ3n) is 7.46. The molecule has 1 amide bonds. The van der Waals surface area contributed by atoms with Gasteiger partial charge in [0.05, 0.1) is 17.3 Å². The monoisotopic (exact) mass is 609 g/mol. The van der Waals surface area contributed by atoms with Gasteiger partial charge in [-0.25, -0.2) is 4.98 Å². The summed E-state index contributed by atoms with van der Waals surface area (Å²) in [6, 6.07) is 15.4. The molecule has 1 fully saturated rings. The van der Waals surface area contributed by atoms with E-state index < -0.39 is 17.6 Å². The lowest BCUT2D eigenvalue weighted by Gasteiger charge is -2.33. The average molecular weight is 610 g/mol. The number of carbonyl (C=O) groups excluding carboxylic acids is 1. The van der Waals surface area contributed by atoms with Gasteiger partial charge in [0, 0.05) is 44.1 Å². The molecule has 222 valence electrons. The van der Waals surface area contributed by atoms with E-state index in [4.69, 9.17) is 11.6 Å². The Morgan fingerprint density at radius 2 is 1.74 bits per heavy atom. The highest BCUT2D eigenvalue weighted by Gasteiger charge is 2.34. The highest BCUT2D eigenvalue weighted by Crippen LogP contribution is 2.35. The van der Waals surface area contributed by atoms with Gasteiger partial charge in [0.25, 0.3) is 5.91 Å². The van der Waals surface area contributed by atoms with Crippen LogP contribution in [0.1, 0.15) is 21.5 Å². The summed E-state index contributed by atoms with van der Waals surface area (Å²) >= 11 is 6.02. The van der Waals surface area contributed by atoms with Gasteiger partial charge in [-0.2, -0.15) is 22.8 Å². The van der Waals surface area contributed by atoms with Crippen LogP contribution >= 0.6 is 11.6 Å². The van der Waals surface area contributed by atoms with Crippen LogP contribution < -0.4 is 10.6 Å². The first-order valence-corrected chi connectivity index (χ1v) is 13.9. The Morgan fingerprint density at radius 3 is 2.51 bits per heavy atom. The molecule has 9 nitrogen and oxygen atoms in total. The second-order valence-electron chi connectivity index (χ2n) is 10.5. The van der Waals surface area contributed by atoms with Gasteiger partial charge in [0.1, 0.15) is 10.9 Å². The Morgan fingerprint density at radius 1 is 0.977 bits per heavy atom. The number of aromatic hydroxyl groups is 1. The van der Waals surface area contributed by atoms with Crippen LogP contribution in [0, 0.1) is 0 Å². The molecule has 3 N–H and O–H groups in total. The average Bonchev–Trinajstić information content (AvgIpc) is 3.35. The summed E-state index contributed by atoms with van der Waals surface area (Å²) in [6.07, 6.45) is -3.00. The molecule has 0 bridgehead atoms. The van der Waals surface area contributed by atoms with Gasteiger partial charge in [0.15, 0.2) is 11.5 Å². The van der Waals surface area contributed by atoms with Gasteiger partial charge in [-0.15, -0.1) is 0 Å². The maximum Gasteiger partial charge on any atom is 0.416 e. The number of phenols is 1. The molecular weight excluding hydrogens is 583 g/mol. The van der Waals surface area contributed by atoms with Crippen molar-refractivity contribution >= 4 is 51.1 Å². The number of hydrogen-bond acceptors (Lipinski definition) is 7. The van der Waals surface area contributed by atoms with Gasteiger partial charge < -0.3 is 20.6 Å². The summed E-state index contributed by atoms with van der Waals surface area (Å²) < 4.78 is 43.6. The Bertz CT molecular complexity index is 1830. The summed E-state index contributed by atoms with van der Waals surface area (Å²) in [5.74, 6) is -0.475. The predicted molar refractivity (Wildman–Crippen MR) is 159 cm³/mol. The Labute approximate surface area is 249 Å². The number of anilines is 3. The minimum Gasteiger partial charge on any atom is -0.507 e. The number of aromatic nitrogens is 3. The molecule has 1 aliphatic heterocycles. The van der Waals surface area contributed by atoms with Crippen molar-refractivity contribution in [3.8, 4) is 5.75 Å². The van der Waals surface area contributed by atoms with Gasteiger partial charge in [-0.1, -0.05) is 23.7 Å². The molecule has 1 saturated heterocycles. The van der Waals surface area contributed by atoms with Gasteiger partial charge in [-0.3, -0.25) is 9.69 Å². The molecule has 0 radical (unpaired) electrons. The first-order chi connectivity index (χ1) is 20.5. The zero-order chi connectivity index (χ0) is 30.3. The molecule has 0 atom stereocenters. The maximum absolute atomic E-state index is 14.0. The maximum atomic E-state index is 14.0. The second-order valence-corrected chi connectivity index (χ2v) is 10.9. The standard InChI is InChI=1S/C30H27ClF3N7O2/c1-39-8-10-40(11-9-39)17-19-3-5-22(15-24(19)30(32,33)34)37-29(43)23-13-20-12-21(4-2-18(20)14-25(23)42)36-28-16-35-27-7-6-26(31)38-41(27)28/h2-7,12-16,36,42H,8-11,17H2,1H3,(H,37,43). The van der Waals surface area contributed by atoms with Crippen molar-refractivity contribution in [2.45, 2.75) is 12.7 Å². The van der Waals surface area contributed by atoms with Crippen LogP contribution in [0.25, 0.3) is 16.4 Å². The summed E-state index contributed by atoms with van der Waals surface area (Å²) in [6.45, 7) is 3.09. The van der Waals surface area contributed by atoms with E-state index in [2.05, 4.69) is 25.6 Å². The van der Waals surface area contributed by atoms with E-state index in [1.54, 1.807) is 41.0 Å². The van der Waals surface area contributed by atoms with E-state index in [-0.39, 0.29) is 29.1 Å². The van der Waals surface area contributed by atoms with Crippen LogP contribution in [0.5, 0.6) is 5.75 Å². The molecule has 43 heavy (non-hydrogen) atoms. The van der Waals surface area contributed by atoms with Gasteiger partial charge in [0.2, 0.25) is 0 Å². The molecule has 6 rings (SSSR count). The quantitative estimate of drug-likeness (QED) is 0.217. The SMILES string of the molecule is CN1CCN(Cc2ccc(NC(=O)c3cc4cc(Nc5cnc6ccc(Cl)nn56)ccc4cc3O)cc2C(F)(F)F)CC1. The topological polar surface area (TPSA) is 98.0 Å². The summed E-state index contributed by atoms with van der Waals surface area (Å²) in [4.78, 5) is 21.6. The highest BCUT2D eigenvalue weighted by molar-refractivity contribution is 6.29. The van der Waals surface area contributed by atoms with Crippen molar-refractivity contribution in [2.75, 3.05) is 43.9 Å². The molecule has 13 heteroatoms. The Hall–Kier alpha value is -4.39. The molecule has 0 unspecified atom stereocenters. The zero-order valence-electron chi connectivity index (χ0n) is 23.0. The molecule has 1 aliphatic rings. The fraction of sp³-hybridized carbons (Fsp3) is 0.233. The zero-order valence-corrected chi connectivity index (χ0v) is 23.7. The number of piperazine rings is 1. The molecule has 0 aliphatic carbocycles. The van der Waals surface area contributed by atoms with Crippen molar-refractivity contribution in [1.82, 2.24) is 24.4 Å². The van der Waals surface area contributed by atoms with E-state index in [1.807, 2.05) is 11.9 Å². The van der Waals surface area contributed by atoms with Crippen LogP contribution in [0.2, 0.25) is 5.15 Å². The molecule has 0 saturated carbocycles. The fourth-order valence-corrected chi connectivity index (χ4v) is 5.27. The number of imidazole rings is 1. The van der Waals surface area contributed by atoms with Crippen LogP contribution in [-0.4, -0.2) is 68.6 Å². The van der Waals surface area contributed by atoms with E-state index in [1.165, 1.54) is 24.3 Å². The lowest BCUT2D eigenvalue weighted by atomic mass is 10.0. The largest absolute Gasteiger partial charge is 0.507 e. The molecular formula is C30H27ClF3N7O2. The van der Waals surface area contributed by atoms with Crippen LogP contribution in [-0.2, 0) is 12.7 Å². The van der Waals surface area contributed by atoms with E-state index in [0.29, 0.717) is 46.2 Å². The van der Waals surface area contributed by atoms with Crippen molar-refractivity contribution in [2.24, 2.45) is 0 Å². The van der Waals surface area contributed by atoms with E-state index in [9.17, 15) is 23.1 Å². The first-order valence-electron chi connectivity index (χ1n) is 13.5. The van der Waals surface area contributed by atoms with Crippen molar-refractivity contribution in [3.63, 3.8) is 0 Å². The number of halogens is 4. The second kappa shape index (κ2) is 11.4. The molecule has 2 aromatic heterocycles. The molecule has 5 aromatic rings. The number of nitrogens with one attached hydrogen (secondary N) is 2. The van der Waals surface area contributed by atoms with Crippen molar-refractivity contribution in [1.29, 1.82) is 0 Å². The smallest absolute Gasteiger partial charge is 0.416 e. The summed E-state index contributed by atoms with van der Waals surface area (Å²) in [5, 5.41) is 22.2. The van der Waals surface area contributed by atoms with Crippen LogP contribution in [0.15, 0.2) is 66.9 Å².